The van der Waals surface area contributed by atoms with Crippen molar-refractivity contribution in [2.45, 2.75) is 9.79 Å². The van der Waals surface area contributed by atoms with E-state index in [1.54, 1.807) is 24.3 Å². The quantitative estimate of drug-likeness (QED) is 0.794. The molecule has 0 saturated heterocycles. The topological polar surface area (TPSA) is 95.2 Å². The minimum absolute atomic E-state index is 0.422. The molecule has 0 bridgehead atoms. The van der Waals surface area contributed by atoms with Gasteiger partial charge in [-0.3, -0.25) is 0 Å². The van der Waals surface area contributed by atoms with Crippen LogP contribution in [0.3, 0.4) is 0 Å². The summed E-state index contributed by atoms with van der Waals surface area (Å²) in [4.78, 5) is 1.53. The van der Waals surface area contributed by atoms with E-state index in [1.165, 1.54) is 33.7 Å². The predicted molar refractivity (Wildman–Crippen MR) is 83.5 cm³/mol. The van der Waals surface area contributed by atoms with Gasteiger partial charge in [-0.1, -0.05) is 21.6 Å². The molecular weight excluding hydrogens is 312 g/mol. The van der Waals surface area contributed by atoms with Crippen LogP contribution < -0.4 is 0 Å². The summed E-state index contributed by atoms with van der Waals surface area (Å²) in [5, 5.41) is 35.8. The fraction of sp³-hybridized carbons (Fsp3) is 0. The van der Waals surface area contributed by atoms with Crippen molar-refractivity contribution in [1.82, 2.24) is 0 Å². The van der Waals surface area contributed by atoms with Crippen molar-refractivity contribution in [1.29, 1.82) is 21.0 Å². The van der Waals surface area contributed by atoms with Gasteiger partial charge in [0, 0.05) is 9.79 Å². The van der Waals surface area contributed by atoms with Crippen molar-refractivity contribution >= 4 is 21.6 Å². The van der Waals surface area contributed by atoms with Gasteiger partial charge in [0.2, 0.25) is 0 Å². The summed E-state index contributed by atoms with van der Waals surface area (Å²) in [7, 11) is 2.73. The molecule has 0 heterocycles. The lowest BCUT2D eigenvalue weighted by molar-refractivity contribution is 1.37. The number of hydrogen-bond acceptors (Lipinski definition) is 6. The molecule has 0 amide bonds. The molecule has 0 aliphatic rings. The number of nitrogens with zero attached hydrogens (tertiary/aromatic N) is 4. The van der Waals surface area contributed by atoms with Crippen molar-refractivity contribution in [2.75, 3.05) is 0 Å². The Labute approximate surface area is 135 Å². The maximum atomic E-state index is 8.96. The van der Waals surface area contributed by atoms with Gasteiger partial charge in [-0.05, 0) is 36.4 Å². The van der Waals surface area contributed by atoms with E-state index in [0.717, 1.165) is 9.79 Å². The van der Waals surface area contributed by atoms with Gasteiger partial charge in [-0.2, -0.15) is 21.0 Å². The highest BCUT2D eigenvalue weighted by atomic mass is 33.1. The second kappa shape index (κ2) is 7.21. The van der Waals surface area contributed by atoms with Crippen LogP contribution in [-0.4, -0.2) is 0 Å². The molecule has 0 aliphatic carbocycles. The first-order valence-electron chi connectivity index (χ1n) is 5.93. The molecule has 6 heteroatoms. The fourth-order valence-corrected chi connectivity index (χ4v) is 3.70. The lowest BCUT2D eigenvalue weighted by Crippen LogP contribution is -1.82. The summed E-state index contributed by atoms with van der Waals surface area (Å²) in [6.07, 6.45) is 0. The van der Waals surface area contributed by atoms with Crippen LogP contribution in [0.15, 0.2) is 46.2 Å². The van der Waals surface area contributed by atoms with Crippen LogP contribution in [0.5, 0.6) is 0 Å². The van der Waals surface area contributed by atoms with E-state index < -0.39 is 0 Å². The summed E-state index contributed by atoms with van der Waals surface area (Å²) in [6.45, 7) is 0. The van der Waals surface area contributed by atoms with Crippen LogP contribution >= 0.6 is 21.6 Å². The van der Waals surface area contributed by atoms with E-state index in [4.69, 9.17) is 21.0 Å². The van der Waals surface area contributed by atoms with Crippen LogP contribution in [0.1, 0.15) is 22.3 Å². The maximum absolute atomic E-state index is 8.96. The van der Waals surface area contributed by atoms with Gasteiger partial charge in [0.05, 0.1) is 46.5 Å². The van der Waals surface area contributed by atoms with E-state index in [1.807, 2.05) is 24.3 Å². The van der Waals surface area contributed by atoms with Gasteiger partial charge in [-0.25, -0.2) is 0 Å². The summed E-state index contributed by atoms with van der Waals surface area (Å²) in [5.41, 5.74) is 1.69. The highest BCUT2D eigenvalue weighted by molar-refractivity contribution is 8.76. The molecular formula is C16H6N4S2. The summed E-state index contributed by atoms with van der Waals surface area (Å²) < 4.78 is 0. The van der Waals surface area contributed by atoms with Crippen LogP contribution in [-0.2, 0) is 0 Å². The molecule has 102 valence electrons. The second-order valence-electron chi connectivity index (χ2n) is 4.11. The molecule has 22 heavy (non-hydrogen) atoms. The summed E-state index contributed by atoms with van der Waals surface area (Å²) in [5.74, 6) is 0. The Morgan fingerprint density at radius 2 is 0.773 bits per heavy atom. The number of nitriles is 4. The fourth-order valence-electron chi connectivity index (χ4n) is 1.65. The lowest BCUT2D eigenvalue weighted by Gasteiger charge is -2.04. The average Bonchev–Trinajstić information content (AvgIpc) is 2.59. The van der Waals surface area contributed by atoms with Gasteiger partial charge in [-0.15, -0.1) is 0 Å². The van der Waals surface area contributed by atoms with Crippen LogP contribution in [0.25, 0.3) is 0 Å². The predicted octanol–water partition coefficient (Wildman–Crippen LogP) is 3.97. The Balaban J connectivity index is 2.25. The smallest absolute Gasteiger partial charge is 0.0992 e. The third kappa shape index (κ3) is 3.81. The maximum Gasteiger partial charge on any atom is 0.0992 e. The zero-order valence-corrected chi connectivity index (χ0v) is 12.7. The molecule has 4 nitrogen and oxygen atoms in total. The number of hydrogen-bond donors (Lipinski definition) is 0. The Kier molecular flexibility index (Phi) is 5.07. The second-order valence-corrected chi connectivity index (χ2v) is 6.38. The number of rotatable bonds is 3. The van der Waals surface area contributed by atoms with Gasteiger partial charge < -0.3 is 0 Å². The monoisotopic (exact) mass is 318 g/mol. The van der Waals surface area contributed by atoms with Crippen LogP contribution in [0.2, 0.25) is 0 Å². The third-order valence-electron chi connectivity index (χ3n) is 2.56. The molecule has 0 aliphatic heterocycles. The van der Waals surface area contributed by atoms with E-state index in [9.17, 15) is 0 Å². The molecule has 0 fully saturated rings. The van der Waals surface area contributed by atoms with Crippen molar-refractivity contribution in [3.63, 3.8) is 0 Å². The normalized spacial score (nSPS) is 9.09. The van der Waals surface area contributed by atoms with Gasteiger partial charge in [0.1, 0.15) is 0 Å². The highest BCUT2D eigenvalue weighted by Gasteiger charge is 2.05. The number of benzene rings is 2. The van der Waals surface area contributed by atoms with Gasteiger partial charge >= 0.3 is 0 Å². The first kappa shape index (κ1) is 15.5. The lowest BCUT2D eigenvalue weighted by atomic mass is 10.1. The Morgan fingerprint density at radius 1 is 0.500 bits per heavy atom. The zero-order valence-electron chi connectivity index (χ0n) is 11.1. The molecule has 0 spiro atoms. The Hall–Kier alpha value is -2.90. The average molecular weight is 318 g/mol. The molecule has 0 N–H and O–H groups in total. The van der Waals surface area contributed by atoms with Gasteiger partial charge in [0.25, 0.3) is 0 Å². The first-order chi connectivity index (χ1) is 10.7. The van der Waals surface area contributed by atoms with Crippen LogP contribution in [0, 0.1) is 45.3 Å². The largest absolute Gasteiger partial charge is 0.192 e. The third-order valence-corrected chi connectivity index (χ3v) is 4.91. The summed E-state index contributed by atoms with van der Waals surface area (Å²) >= 11 is 0. The summed E-state index contributed by atoms with van der Waals surface area (Å²) in [6, 6.07) is 17.9. The SMILES string of the molecule is N#Cc1cc(C#N)cc(SSc2cc(C#N)cc(C#N)c2)c1. The molecule has 0 unspecified atom stereocenters. The van der Waals surface area contributed by atoms with E-state index in [2.05, 4.69) is 0 Å². The Bertz CT molecular complexity index is 752. The zero-order chi connectivity index (χ0) is 15.9. The molecule has 0 aromatic heterocycles. The van der Waals surface area contributed by atoms with Gasteiger partial charge in [0.15, 0.2) is 0 Å². The van der Waals surface area contributed by atoms with Crippen LogP contribution in [0.4, 0.5) is 0 Å². The minimum atomic E-state index is 0.422. The van der Waals surface area contributed by atoms with Crippen molar-refractivity contribution in [3.05, 3.63) is 58.7 Å². The van der Waals surface area contributed by atoms with Crippen molar-refractivity contribution in [2.24, 2.45) is 0 Å². The van der Waals surface area contributed by atoms with Crippen molar-refractivity contribution in [3.8, 4) is 24.3 Å². The molecule has 2 rings (SSSR count). The highest BCUT2D eigenvalue weighted by Crippen LogP contribution is 2.38. The first-order valence-corrected chi connectivity index (χ1v) is 8.08. The van der Waals surface area contributed by atoms with E-state index in [-0.39, 0.29) is 0 Å². The standard InChI is InChI=1S/C16H6N4S2/c17-7-11-1-12(8-18)4-15(3-11)21-22-16-5-13(9-19)2-14(6-16)10-20/h1-6H. The molecule has 2 aromatic rings. The van der Waals surface area contributed by atoms with E-state index >= 15 is 0 Å². The Morgan fingerprint density at radius 3 is 1.00 bits per heavy atom. The van der Waals surface area contributed by atoms with E-state index in [0.29, 0.717) is 22.3 Å². The molecule has 0 saturated carbocycles. The minimum Gasteiger partial charge on any atom is -0.192 e. The van der Waals surface area contributed by atoms with Crippen molar-refractivity contribution < 1.29 is 0 Å². The molecule has 0 radical (unpaired) electrons. The molecule has 0 atom stereocenters. The molecule has 2 aromatic carbocycles.